The van der Waals surface area contributed by atoms with E-state index in [-0.39, 0.29) is 22.7 Å². The Kier molecular flexibility index (Phi) is 4.19. The number of carbonyl (C=O) groups excluding carboxylic acids is 1. The molecule has 4 aromatic rings. The van der Waals surface area contributed by atoms with Gasteiger partial charge in [-0.1, -0.05) is 48.5 Å². The van der Waals surface area contributed by atoms with E-state index in [0.29, 0.717) is 17.6 Å². The van der Waals surface area contributed by atoms with Crippen LogP contribution in [-0.4, -0.2) is 32.3 Å². The quantitative estimate of drug-likeness (QED) is 0.584. The van der Waals surface area contributed by atoms with Gasteiger partial charge in [0.05, 0.1) is 11.0 Å². The maximum atomic E-state index is 12.6. The largest absolute Gasteiger partial charge is 0.350 e. The molecular weight excluding hydrogens is 342 g/mol. The van der Waals surface area contributed by atoms with Crippen LogP contribution in [0.3, 0.4) is 0 Å². The van der Waals surface area contributed by atoms with Crippen LogP contribution in [0.4, 0.5) is 0 Å². The third kappa shape index (κ3) is 3.08. The van der Waals surface area contributed by atoms with Gasteiger partial charge in [0.1, 0.15) is 0 Å². The Bertz CT molecular complexity index is 1190. The van der Waals surface area contributed by atoms with Crippen LogP contribution in [0, 0.1) is 6.92 Å². The van der Waals surface area contributed by atoms with Gasteiger partial charge in [0, 0.05) is 6.54 Å². The zero-order chi connectivity index (χ0) is 19.0. The average Bonchev–Trinajstić information content (AvgIpc) is 3.12. The van der Waals surface area contributed by atoms with E-state index >= 15 is 0 Å². The molecule has 0 fully saturated rings. The van der Waals surface area contributed by atoms with Crippen molar-refractivity contribution in [2.24, 2.45) is 0 Å². The number of H-pyrrole nitrogens is 1. The lowest BCUT2D eigenvalue weighted by molar-refractivity contribution is 0.0948. The molecule has 7 heteroatoms. The fourth-order valence-corrected chi connectivity index (χ4v) is 3.15. The van der Waals surface area contributed by atoms with E-state index in [9.17, 15) is 9.59 Å². The van der Waals surface area contributed by atoms with Gasteiger partial charge in [0.2, 0.25) is 0 Å². The number of nitrogens with one attached hydrogen (secondary N) is 2. The van der Waals surface area contributed by atoms with E-state index in [1.54, 1.807) is 0 Å². The number of amides is 1. The molecule has 0 aliphatic heterocycles. The number of nitrogens with zero attached hydrogens (tertiary/aromatic N) is 3. The van der Waals surface area contributed by atoms with Crippen LogP contribution in [0.25, 0.3) is 16.6 Å². The first-order chi connectivity index (χ1) is 13.0. The van der Waals surface area contributed by atoms with E-state index in [4.69, 9.17) is 0 Å². The van der Waals surface area contributed by atoms with Crippen molar-refractivity contribution in [2.45, 2.75) is 19.8 Å². The Balaban J connectivity index is 1.65. The standard InChI is InChI=1S/C20H19N5O2/c1-12-8-9-16-15(10-12)22-20(27)18-17(23-24-25(16)18)19(26)21-11-13(2)14-6-4-3-5-7-14/h3-10,13H,11H2,1-2H3,(H,21,26)(H,22,27). The number of aryl methyl sites for hydroxylation is 1. The molecule has 27 heavy (non-hydrogen) atoms. The van der Waals surface area contributed by atoms with Crippen LogP contribution >= 0.6 is 0 Å². The first-order valence-electron chi connectivity index (χ1n) is 8.76. The zero-order valence-corrected chi connectivity index (χ0v) is 15.1. The molecule has 2 N–H and O–H groups in total. The van der Waals surface area contributed by atoms with Gasteiger partial charge in [-0.3, -0.25) is 9.59 Å². The topological polar surface area (TPSA) is 92.1 Å². The Morgan fingerprint density at radius 1 is 1.22 bits per heavy atom. The van der Waals surface area contributed by atoms with E-state index in [0.717, 1.165) is 11.1 Å². The third-order valence-corrected chi connectivity index (χ3v) is 4.67. The molecular formula is C20H19N5O2. The minimum absolute atomic E-state index is 0.0268. The van der Waals surface area contributed by atoms with Gasteiger partial charge >= 0.3 is 0 Å². The number of hydrogen-bond donors (Lipinski definition) is 2. The minimum atomic E-state index is -0.412. The second-order valence-electron chi connectivity index (χ2n) is 6.69. The number of hydrogen-bond acceptors (Lipinski definition) is 4. The van der Waals surface area contributed by atoms with Gasteiger partial charge in [-0.25, -0.2) is 4.52 Å². The van der Waals surface area contributed by atoms with Crippen molar-refractivity contribution in [1.82, 2.24) is 25.1 Å². The molecule has 0 aliphatic carbocycles. The van der Waals surface area contributed by atoms with Crippen LogP contribution in [0.1, 0.15) is 34.5 Å². The number of rotatable bonds is 4. The van der Waals surface area contributed by atoms with Crippen LogP contribution < -0.4 is 10.9 Å². The van der Waals surface area contributed by atoms with Gasteiger partial charge in [0.15, 0.2) is 11.2 Å². The summed E-state index contributed by atoms with van der Waals surface area (Å²) in [7, 11) is 0. The number of benzene rings is 2. The first-order valence-corrected chi connectivity index (χ1v) is 8.76. The highest BCUT2D eigenvalue weighted by Gasteiger charge is 2.20. The summed E-state index contributed by atoms with van der Waals surface area (Å²) in [6.45, 7) is 4.41. The summed E-state index contributed by atoms with van der Waals surface area (Å²) in [5.74, 6) is -0.274. The monoisotopic (exact) mass is 361 g/mol. The van der Waals surface area contributed by atoms with Crippen LogP contribution in [-0.2, 0) is 0 Å². The molecule has 1 amide bonds. The van der Waals surface area contributed by atoms with E-state index < -0.39 is 5.91 Å². The third-order valence-electron chi connectivity index (χ3n) is 4.67. The highest BCUT2D eigenvalue weighted by Crippen LogP contribution is 2.16. The van der Waals surface area contributed by atoms with Gasteiger partial charge in [-0.15, -0.1) is 5.10 Å². The summed E-state index contributed by atoms with van der Waals surface area (Å²) in [4.78, 5) is 27.9. The molecule has 0 aliphatic rings. The molecule has 2 aromatic carbocycles. The molecule has 0 saturated carbocycles. The normalized spacial score (nSPS) is 12.4. The summed E-state index contributed by atoms with van der Waals surface area (Å²) < 4.78 is 1.42. The Labute approximate surface area is 155 Å². The molecule has 0 bridgehead atoms. The van der Waals surface area contributed by atoms with Crippen molar-refractivity contribution < 1.29 is 4.79 Å². The summed E-state index contributed by atoms with van der Waals surface area (Å²) in [5.41, 5.74) is 3.28. The number of carbonyl (C=O) groups is 1. The van der Waals surface area contributed by atoms with Crippen molar-refractivity contribution in [2.75, 3.05) is 6.54 Å². The van der Waals surface area contributed by atoms with Crippen LogP contribution in [0.5, 0.6) is 0 Å². The van der Waals surface area contributed by atoms with Gasteiger partial charge in [-0.05, 0) is 36.1 Å². The van der Waals surface area contributed by atoms with Crippen molar-refractivity contribution in [3.05, 3.63) is 75.7 Å². The molecule has 2 heterocycles. The highest BCUT2D eigenvalue weighted by atomic mass is 16.2. The molecule has 1 unspecified atom stereocenters. The molecule has 1 atom stereocenters. The number of fused-ring (bicyclic) bond motifs is 3. The Hall–Kier alpha value is -3.48. The first kappa shape index (κ1) is 17.0. The maximum Gasteiger partial charge on any atom is 0.277 e. The zero-order valence-electron chi connectivity index (χ0n) is 15.1. The second kappa shape index (κ2) is 6.68. The average molecular weight is 361 g/mol. The Morgan fingerprint density at radius 3 is 2.78 bits per heavy atom. The highest BCUT2D eigenvalue weighted by molar-refractivity contribution is 5.99. The van der Waals surface area contributed by atoms with Crippen molar-refractivity contribution in [3.8, 4) is 0 Å². The Morgan fingerprint density at radius 2 is 2.00 bits per heavy atom. The molecule has 136 valence electrons. The lowest BCUT2D eigenvalue weighted by Crippen LogP contribution is -2.29. The molecule has 4 rings (SSSR count). The smallest absolute Gasteiger partial charge is 0.277 e. The summed E-state index contributed by atoms with van der Waals surface area (Å²) in [6.07, 6.45) is 0. The SMILES string of the molecule is Cc1ccc2c(c1)[nH]c(=O)c1c(C(=O)NCC(C)c3ccccc3)nnn12. The van der Waals surface area contributed by atoms with E-state index in [1.165, 1.54) is 4.52 Å². The van der Waals surface area contributed by atoms with Gasteiger partial charge in [-0.2, -0.15) is 0 Å². The molecule has 0 saturated heterocycles. The predicted molar refractivity (Wildman–Crippen MR) is 103 cm³/mol. The molecule has 7 nitrogen and oxygen atoms in total. The summed E-state index contributed by atoms with van der Waals surface area (Å²) in [6, 6.07) is 15.5. The molecule has 0 radical (unpaired) electrons. The lowest BCUT2D eigenvalue weighted by atomic mass is 10.0. The number of aromatic nitrogens is 4. The van der Waals surface area contributed by atoms with Crippen molar-refractivity contribution in [1.29, 1.82) is 0 Å². The minimum Gasteiger partial charge on any atom is -0.350 e. The van der Waals surface area contributed by atoms with Crippen LogP contribution in [0.2, 0.25) is 0 Å². The fourth-order valence-electron chi connectivity index (χ4n) is 3.15. The van der Waals surface area contributed by atoms with Gasteiger partial charge in [0.25, 0.3) is 11.5 Å². The molecule has 2 aromatic heterocycles. The van der Waals surface area contributed by atoms with Crippen molar-refractivity contribution >= 4 is 22.5 Å². The molecule has 0 spiro atoms. The summed E-state index contributed by atoms with van der Waals surface area (Å²) in [5, 5.41) is 10.8. The number of aromatic amines is 1. The lowest BCUT2D eigenvalue weighted by Gasteiger charge is -2.12. The predicted octanol–water partition coefficient (Wildman–Crippen LogP) is 2.41. The summed E-state index contributed by atoms with van der Waals surface area (Å²) >= 11 is 0. The van der Waals surface area contributed by atoms with E-state index in [2.05, 4.69) is 20.6 Å². The van der Waals surface area contributed by atoms with E-state index in [1.807, 2.05) is 62.4 Å². The fraction of sp³-hybridized carbons (Fsp3) is 0.200. The van der Waals surface area contributed by atoms with Crippen molar-refractivity contribution in [3.63, 3.8) is 0 Å². The van der Waals surface area contributed by atoms with Gasteiger partial charge < -0.3 is 10.3 Å². The maximum absolute atomic E-state index is 12.6. The second-order valence-corrected chi connectivity index (χ2v) is 6.69. The van der Waals surface area contributed by atoms with Crippen LogP contribution in [0.15, 0.2) is 53.3 Å².